The maximum absolute atomic E-state index is 13.3. The molecule has 0 unspecified atom stereocenters. The predicted octanol–water partition coefficient (Wildman–Crippen LogP) is 4.45. The minimum Gasteiger partial charge on any atom is -0.352 e. The second kappa shape index (κ2) is 7.45. The fourth-order valence-corrected chi connectivity index (χ4v) is 4.71. The number of amides is 1. The van der Waals surface area contributed by atoms with Gasteiger partial charge in [-0.25, -0.2) is 4.39 Å². The number of rotatable bonds is 3. The van der Waals surface area contributed by atoms with E-state index in [1.165, 1.54) is 17.7 Å². The average Bonchev–Trinajstić information content (AvgIpc) is 3.10. The summed E-state index contributed by atoms with van der Waals surface area (Å²) in [5.41, 5.74) is 5.06. The van der Waals surface area contributed by atoms with E-state index < -0.39 is 0 Å². The second-order valence-electron chi connectivity index (χ2n) is 8.07. The van der Waals surface area contributed by atoms with E-state index in [1.54, 1.807) is 12.1 Å². The van der Waals surface area contributed by atoms with Crippen LogP contribution < -0.4 is 5.32 Å². The summed E-state index contributed by atoms with van der Waals surface area (Å²) in [6.45, 7) is 3.58. The van der Waals surface area contributed by atoms with E-state index in [1.807, 2.05) is 12.1 Å². The number of hydrogen-bond acceptors (Lipinski definition) is 2. The molecule has 1 fully saturated rings. The van der Waals surface area contributed by atoms with Crippen molar-refractivity contribution in [3.63, 3.8) is 0 Å². The lowest BCUT2D eigenvalue weighted by Gasteiger charge is -2.18. The third-order valence-electron chi connectivity index (χ3n) is 6.17. The monoisotopic (exact) mass is 386 g/mol. The number of carbonyl (C=O) groups excluding carboxylic acids is 1. The molecule has 0 aliphatic carbocycles. The Hall–Kier alpha value is -2.98. The lowest BCUT2D eigenvalue weighted by atomic mass is 9.86. The first-order valence-corrected chi connectivity index (χ1v) is 10.1. The van der Waals surface area contributed by atoms with Gasteiger partial charge < -0.3 is 5.32 Å². The van der Waals surface area contributed by atoms with Crippen LogP contribution in [0, 0.1) is 11.7 Å². The smallest absolute Gasteiger partial charge is 0.251 e. The Morgan fingerprint density at radius 1 is 0.931 bits per heavy atom. The highest BCUT2D eigenvalue weighted by Crippen LogP contribution is 2.38. The molecule has 1 saturated heterocycles. The summed E-state index contributed by atoms with van der Waals surface area (Å²) in [5.74, 6) is 0.497. The molecular weight excluding hydrogens is 363 g/mol. The average molecular weight is 386 g/mol. The Bertz CT molecular complexity index is 1030. The summed E-state index contributed by atoms with van der Waals surface area (Å²) in [7, 11) is 0. The van der Waals surface area contributed by atoms with Gasteiger partial charge in [-0.2, -0.15) is 0 Å². The van der Waals surface area contributed by atoms with Gasteiger partial charge in [-0.1, -0.05) is 54.6 Å². The van der Waals surface area contributed by atoms with E-state index in [2.05, 4.69) is 46.6 Å². The number of nitrogens with one attached hydrogen (secondary N) is 1. The standard InChI is InChI=1S/C25H23FN2O/c26-21-9-6-18(7-10-21)19-8-11-22-23(12-19)25(29)27-13-20-15-28(16-24(20)22)14-17-4-2-1-3-5-17/h1-12,20,24H,13-16H2,(H,27,29)/t20-,24-/m1/s1. The van der Waals surface area contributed by atoms with Gasteiger partial charge in [-0.15, -0.1) is 0 Å². The molecule has 1 amide bonds. The van der Waals surface area contributed by atoms with Crippen LogP contribution in [0.4, 0.5) is 4.39 Å². The minimum absolute atomic E-state index is 0.00651. The quantitative estimate of drug-likeness (QED) is 0.721. The Morgan fingerprint density at radius 3 is 2.48 bits per heavy atom. The van der Waals surface area contributed by atoms with Crippen LogP contribution in [0.2, 0.25) is 0 Å². The topological polar surface area (TPSA) is 32.3 Å². The molecule has 3 aromatic carbocycles. The predicted molar refractivity (Wildman–Crippen MR) is 112 cm³/mol. The second-order valence-corrected chi connectivity index (χ2v) is 8.07. The molecule has 4 heteroatoms. The summed E-state index contributed by atoms with van der Waals surface area (Å²) >= 11 is 0. The number of nitrogens with zero attached hydrogens (tertiary/aromatic N) is 1. The fourth-order valence-electron chi connectivity index (χ4n) is 4.71. The van der Waals surface area contributed by atoms with Gasteiger partial charge in [-0.3, -0.25) is 9.69 Å². The lowest BCUT2D eigenvalue weighted by Crippen LogP contribution is -2.29. The van der Waals surface area contributed by atoms with E-state index in [-0.39, 0.29) is 11.7 Å². The molecule has 5 rings (SSSR count). The zero-order valence-electron chi connectivity index (χ0n) is 16.1. The minimum atomic E-state index is -0.256. The van der Waals surface area contributed by atoms with Crippen molar-refractivity contribution in [3.05, 3.63) is 95.3 Å². The highest BCUT2D eigenvalue weighted by atomic mass is 19.1. The zero-order chi connectivity index (χ0) is 19.8. The molecule has 29 heavy (non-hydrogen) atoms. The highest BCUT2D eigenvalue weighted by Gasteiger charge is 2.38. The van der Waals surface area contributed by atoms with Crippen molar-refractivity contribution in [1.82, 2.24) is 10.2 Å². The van der Waals surface area contributed by atoms with Crippen molar-refractivity contribution in [2.75, 3.05) is 19.6 Å². The molecule has 0 bridgehead atoms. The van der Waals surface area contributed by atoms with Crippen LogP contribution >= 0.6 is 0 Å². The van der Waals surface area contributed by atoms with Crippen LogP contribution in [0.25, 0.3) is 11.1 Å². The fraction of sp³-hybridized carbons (Fsp3) is 0.240. The molecule has 2 heterocycles. The van der Waals surface area contributed by atoms with Crippen molar-refractivity contribution in [2.45, 2.75) is 12.5 Å². The van der Waals surface area contributed by atoms with Crippen molar-refractivity contribution in [1.29, 1.82) is 0 Å². The molecule has 0 spiro atoms. The van der Waals surface area contributed by atoms with Gasteiger partial charge in [0.15, 0.2) is 0 Å². The Morgan fingerprint density at radius 2 is 1.69 bits per heavy atom. The first-order chi connectivity index (χ1) is 14.2. The molecular formula is C25H23FN2O. The van der Waals surface area contributed by atoms with Crippen LogP contribution in [0.1, 0.15) is 27.4 Å². The number of carbonyl (C=O) groups is 1. The Kier molecular flexibility index (Phi) is 4.64. The van der Waals surface area contributed by atoms with E-state index in [4.69, 9.17) is 0 Å². The SMILES string of the molecule is O=C1NC[C@@H]2CN(Cc3ccccc3)C[C@H]2c2ccc(-c3ccc(F)cc3)cc21. The van der Waals surface area contributed by atoms with E-state index in [0.717, 1.165) is 41.9 Å². The summed E-state index contributed by atoms with van der Waals surface area (Å²) < 4.78 is 13.3. The summed E-state index contributed by atoms with van der Waals surface area (Å²) in [6, 6.07) is 23.1. The van der Waals surface area contributed by atoms with Crippen LogP contribution in [-0.2, 0) is 6.54 Å². The number of likely N-dealkylation sites (tertiary alicyclic amines) is 1. The molecule has 3 aromatic rings. The van der Waals surface area contributed by atoms with E-state index >= 15 is 0 Å². The van der Waals surface area contributed by atoms with Gasteiger partial charge in [0.2, 0.25) is 0 Å². The van der Waals surface area contributed by atoms with Gasteiger partial charge in [0.1, 0.15) is 5.82 Å². The maximum atomic E-state index is 13.3. The molecule has 0 aromatic heterocycles. The highest BCUT2D eigenvalue weighted by molar-refractivity contribution is 5.97. The Balaban J connectivity index is 1.44. The maximum Gasteiger partial charge on any atom is 0.251 e. The summed E-state index contributed by atoms with van der Waals surface area (Å²) in [6.07, 6.45) is 0. The first-order valence-electron chi connectivity index (χ1n) is 10.1. The van der Waals surface area contributed by atoms with E-state index in [0.29, 0.717) is 18.4 Å². The molecule has 146 valence electrons. The van der Waals surface area contributed by atoms with Gasteiger partial charge in [0, 0.05) is 37.7 Å². The van der Waals surface area contributed by atoms with Crippen LogP contribution in [0.5, 0.6) is 0 Å². The molecule has 0 saturated carbocycles. The first kappa shape index (κ1) is 18.1. The van der Waals surface area contributed by atoms with Crippen molar-refractivity contribution >= 4 is 5.91 Å². The normalized spacial score (nSPS) is 21.2. The zero-order valence-corrected chi connectivity index (χ0v) is 16.1. The third-order valence-corrected chi connectivity index (χ3v) is 6.17. The summed E-state index contributed by atoms with van der Waals surface area (Å²) in [5, 5.41) is 3.12. The summed E-state index contributed by atoms with van der Waals surface area (Å²) in [4.78, 5) is 15.2. The van der Waals surface area contributed by atoms with Gasteiger partial charge in [0.05, 0.1) is 0 Å². The van der Waals surface area contributed by atoms with Gasteiger partial charge >= 0.3 is 0 Å². The molecule has 2 aliphatic rings. The van der Waals surface area contributed by atoms with Crippen molar-refractivity contribution in [2.24, 2.45) is 5.92 Å². The number of fused-ring (bicyclic) bond motifs is 3. The third kappa shape index (κ3) is 3.56. The van der Waals surface area contributed by atoms with Gasteiger partial charge in [-0.05, 0) is 46.4 Å². The molecule has 2 atom stereocenters. The van der Waals surface area contributed by atoms with Gasteiger partial charge in [0.25, 0.3) is 5.91 Å². The Labute approximate surface area is 170 Å². The molecule has 0 radical (unpaired) electrons. The van der Waals surface area contributed by atoms with Crippen LogP contribution in [-0.4, -0.2) is 30.4 Å². The molecule has 1 N–H and O–H groups in total. The van der Waals surface area contributed by atoms with Crippen molar-refractivity contribution < 1.29 is 9.18 Å². The molecule has 3 nitrogen and oxygen atoms in total. The lowest BCUT2D eigenvalue weighted by molar-refractivity contribution is 0.0951. The van der Waals surface area contributed by atoms with E-state index in [9.17, 15) is 9.18 Å². The number of benzene rings is 3. The largest absolute Gasteiger partial charge is 0.352 e. The van der Waals surface area contributed by atoms with Crippen LogP contribution in [0.15, 0.2) is 72.8 Å². The molecule has 2 aliphatic heterocycles. The number of halogens is 1. The van der Waals surface area contributed by atoms with Crippen molar-refractivity contribution in [3.8, 4) is 11.1 Å². The van der Waals surface area contributed by atoms with Crippen LogP contribution in [0.3, 0.4) is 0 Å². The number of hydrogen-bond donors (Lipinski definition) is 1.